The van der Waals surface area contributed by atoms with Crippen molar-refractivity contribution < 1.29 is 19.0 Å². The highest BCUT2D eigenvalue weighted by Crippen LogP contribution is 2.29. The Labute approximate surface area is 238 Å². The topological polar surface area (TPSA) is 147 Å². The number of nitrogens with zero attached hydrogens (tertiary/aromatic N) is 6. The Morgan fingerprint density at radius 2 is 1.85 bits per heavy atom. The Morgan fingerprint density at radius 3 is 2.59 bits per heavy atom. The van der Waals surface area contributed by atoms with E-state index < -0.39 is 0 Å². The van der Waals surface area contributed by atoms with Crippen LogP contribution in [-0.2, 0) is 4.74 Å². The van der Waals surface area contributed by atoms with E-state index in [4.69, 9.17) is 14.2 Å². The summed E-state index contributed by atoms with van der Waals surface area (Å²) in [5, 5.41) is 15.9. The van der Waals surface area contributed by atoms with Crippen LogP contribution in [0.15, 0.2) is 36.5 Å². The maximum Gasteiger partial charge on any atom is 0.257 e. The average molecular weight is 557 g/mol. The number of anilines is 2. The zero-order valence-electron chi connectivity index (χ0n) is 22.9. The molecule has 1 unspecified atom stereocenters. The van der Waals surface area contributed by atoms with Crippen LogP contribution in [0.1, 0.15) is 41.7 Å². The summed E-state index contributed by atoms with van der Waals surface area (Å²) in [4.78, 5) is 33.3. The Balaban J connectivity index is 1.15. The minimum Gasteiger partial charge on any atom is -0.487 e. The number of amides is 1. The molecule has 3 aromatic heterocycles. The van der Waals surface area contributed by atoms with Gasteiger partial charge in [-0.05, 0) is 62.2 Å². The zero-order chi connectivity index (χ0) is 28.2. The number of carbonyl (C=O) groups excluding carboxylic acids is 1. The van der Waals surface area contributed by atoms with Crippen LogP contribution in [0.4, 0.5) is 11.8 Å². The van der Waals surface area contributed by atoms with E-state index in [-0.39, 0.29) is 35.6 Å². The van der Waals surface area contributed by atoms with E-state index in [9.17, 15) is 10.1 Å². The molecule has 41 heavy (non-hydrogen) atoms. The van der Waals surface area contributed by atoms with Gasteiger partial charge in [-0.25, -0.2) is 15.0 Å². The molecule has 4 saturated heterocycles. The minimum absolute atomic E-state index is 0.000628. The molecule has 0 saturated carbocycles. The van der Waals surface area contributed by atoms with Crippen molar-refractivity contribution in [1.82, 2.24) is 30.2 Å². The summed E-state index contributed by atoms with van der Waals surface area (Å²) in [6, 6.07) is 10.9. The number of nitrogens with one attached hydrogen (secondary N) is 2. The fraction of sp³-hybridized carbons (Fsp3) is 0.448. The molecular weight excluding hydrogens is 524 g/mol. The first kappa shape index (κ1) is 26.9. The second-order valence-electron chi connectivity index (χ2n) is 10.4. The summed E-state index contributed by atoms with van der Waals surface area (Å²) < 4.78 is 16.9. The summed E-state index contributed by atoms with van der Waals surface area (Å²) >= 11 is 0. The highest BCUT2D eigenvalue weighted by Gasteiger charge is 2.35. The van der Waals surface area contributed by atoms with Crippen molar-refractivity contribution in [2.24, 2.45) is 5.92 Å². The molecule has 4 aliphatic rings. The smallest absolute Gasteiger partial charge is 0.257 e. The molecule has 2 N–H and O–H groups in total. The molecule has 0 aliphatic carbocycles. The molecule has 212 valence electrons. The summed E-state index contributed by atoms with van der Waals surface area (Å²) in [6.45, 7) is 4.39. The highest BCUT2D eigenvalue weighted by atomic mass is 16.5. The van der Waals surface area contributed by atoms with Gasteiger partial charge >= 0.3 is 0 Å². The van der Waals surface area contributed by atoms with Crippen molar-refractivity contribution >= 4 is 17.7 Å². The monoisotopic (exact) mass is 556 g/mol. The molecular formula is C29H32N8O4. The quantitative estimate of drug-likeness (QED) is 0.422. The summed E-state index contributed by atoms with van der Waals surface area (Å²) in [5.41, 5.74) is 1.61. The van der Waals surface area contributed by atoms with Crippen molar-refractivity contribution in [3.63, 3.8) is 0 Å². The fourth-order valence-electron chi connectivity index (χ4n) is 5.63. The Hall–Kier alpha value is -4.34. The predicted molar refractivity (Wildman–Crippen MR) is 149 cm³/mol. The molecule has 4 fully saturated rings. The lowest BCUT2D eigenvalue weighted by atomic mass is 9.84. The predicted octanol–water partition coefficient (Wildman–Crippen LogP) is 2.94. The van der Waals surface area contributed by atoms with E-state index >= 15 is 0 Å². The van der Waals surface area contributed by atoms with Crippen molar-refractivity contribution in [2.45, 2.75) is 37.8 Å². The maximum absolute atomic E-state index is 13.1. The number of carbonyl (C=O) groups is 1. The van der Waals surface area contributed by atoms with E-state index in [0.29, 0.717) is 47.7 Å². The largest absolute Gasteiger partial charge is 0.487 e. The van der Waals surface area contributed by atoms with Gasteiger partial charge in [-0.1, -0.05) is 0 Å². The number of aromatic nitrogens is 4. The van der Waals surface area contributed by atoms with E-state index in [1.54, 1.807) is 36.5 Å². The van der Waals surface area contributed by atoms with Gasteiger partial charge in [0.1, 0.15) is 23.6 Å². The molecule has 0 spiro atoms. The summed E-state index contributed by atoms with van der Waals surface area (Å²) in [7, 11) is 1.49. The van der Waals surface area contributed by atoms with E-state index in [0.717, 1.165) is 45.3 Å². The number of fused-ring (bicyclic) bond motifs is 3. The fourth-order valence-corrected chi connectivity index (χ4v) is 5.63. The van der Waals surface area contributed by atoms with Crippen LogP contribution in [0.3, 0.4) is 0 Å². The molecule has 0 radical (unpaired) electrons. The molecule has 12 nitrogen and oxygen atoms in total. The first-order valence-corrected chi connectivity index (χ1v) is 13.9. The van der Waals surface area contributed by atoms with Crippen molar-refractivity contribution in [3.8, 4) is 29.1 Å². The molecule has 1 amide bonds. The van der Waals surface area contributed by atoms with Gasteiger partial charge in [-0.15, -0.1) is 0 Å². The third-order valence-electron chi connectivity index (χ3n) is 7.85. The van der Waals surface area contributed by atoms with Crippen molar-refractivity contribution in [3.05, 3.63) is 47.8 Å². The normalized spacial score (nSPS) is 22.0. The molecule has 7 rings (SSSR count). The molecule has 2 bridgehead atoms. The van der Waals surface area contributed by atoms with E-state index in [2.05, 4.69) is 41.5 Å². The Morgan fingerprint density at radius 1 is 1.05 bits per heavy atom. The zero-order valence-corrected chi connectivity index (χ0v) is 22.9. The number of nitriles is 1. The lowest BCUT2D eigenvalue weighted by Crippen LogP contribution is -2.57. The molecule has 4 aliphatic heterocycles. The Bertz CT molecular complexity index is 1450. The van der Waals surface area contributed by atoms with Gasteiger partial charge in [0.05, 0.1) is 31.7 Å². The molecule has 0 aromatic carbocycles. The molecule has 1 atom stereocenters. The maximum atomic E-state index is 13.1. The SMILES string of the molecule is COc1nc(Nc2nccc(-c3ccc(OC4CCOCC4)c(C#N)n3)n2)ccc1C(=O)NC1CN2CCC1CC2. The van der Waals surface area contributed by atoms with Gasteiger partial charge in [0, 0.05) is 31.6 Å². The van der Waals surface area contributed by atoms with Crippen LogP contribution in [-0.4, -0.2) is 82.8 Å². The standard InChI is InChI=1S/C29H32N8O4/c1-39-28-20(27(38)33-24-17-37-12-7-18(24)8-13-37)2-5-26(35-28)36-29-31-11-6-22(34-29)21-3-4-25(23(16-30)32-21)41-19-9-14-40-15-10-19/h2-6,11,18-19,24H,7-10,12-15,17H2,1H3,(H,33,38)(H,31,34,35,36). The summed E-state index contributed by atoms with van der Waals surface area (Å²) in [5.74, 6) is 1.69. The van der Waals surface area contributed by atoms with Crippen molar-refractivity contribution in [1.29, 1.82) is 5.26 Å². The highest BCUT2D eigenvalue weighted by molar-refractivity contribution is 5.97. The lowest BCUT2D eigenvalue weighted by Gasteiger charge is -2.44. The average Bonchev–Trinajstić information content (AvgIpc) is 3.02. The third-order valence-corrected chi connectivity index (χ3v) is 7.85. The number of pyridine rings is 2. The van der Waals surface area contributed by atoms with Crippen LogP contribution < -0.4 is 20.1 Å². The van der Waals surface area contributed by atoms with Crippen LogP contribution >= 0.6 is 0 Å². The number of rotatable bonds is 8. The molecule has 3 aromatic rings. The number of ether oxygens (including phenoxy) is 3. The van der Waals surface area contributed by atoms with Crippen LogP contribution in [0.5, 0.6) is 11.6 Å². The Kier molecular flexibility index (Phi) is 7.89. The molecule has 7 heterocycles. The first-order valence-electron chi connectivity index (χ1n) is 13.9. The summed E-state index contributed by atoms with van der Waals surface area (Å²) in [6.07, 6.45) is 5.38. The number of hydrogen-bond donors (Lipinski definition) is 2. The second kappa shape index (κ2) is 12.0. The minimum atomic E-state index is -0.193. The van der Waals surface area contributed by atoms with Gasteiger partial charge in [0.25, 0.3) is 5.91 Å². The number of piperidine rings is 3. The van der Waals surface area contributed by atoms with Crippen LogP contribution in [0.2, 0.25) is 0 Å². The third kappa shape index (κ3) is 6.06. The van der Waals surface area contributed by atoms with Gasteiger partial charge in [-0.2, -0.15) is 10.2 Å². The van der Waals surface area contributed by atoms with E-state index in [1.807, 2.05) is 0 Å². The first-order chi connectivity index (χ1) is 20.1. The van der Waals surface area contributed by atoms with Crippen molar-refractivity contribution in [2.75, 3.05) is 45.3 Å². The van der Waals surface area contributed by atoms with Gasteiger partial charge in [0.2, 0.25) is 11.8 Å². The number of hydrogen-bond acceptors (Lipinski definition) is 11. The van der Waals surface area contributed by atoms with Crippen LogP contribution in [0, 0.1) is 17.2 Å². The second-order valence-corrected chi connectivity index (χ2v) is 10.4. The number of methoxy groups -OCH3 is 1. The molecule has 12 heteroatoms. The van der Waals surface area contributed by atoms with Crippen LogP contribution in [0.25, 0.3) is 11.4 Å². The van der Waals surface area contributed by atoms with Gasteiger partial charge in [0.15, 0.2) is 11.4 Å². The lowest BCUT2D eigenvalue weighted by molar-refractivity contribution is 0.0253. The van der Waals surface area contributed by atoms with Gasteiger partial charge < -0.3 is 29.7 Å². The van der Waals surface area contributed by atoms with Gasteiger partial charge in [-0.3, -0.25) is 4.79 Å². The van der Waals surface area contributed by atoms with E-state index in [1.165, 1.54) is 7.11 Å².